The maximum atomic E-state index is 11.8. The quantitative estimate of drug-likeness (QED) is 0.572. The van der Waals surface area contributed by atoms with Gasteiger partial charge in [-0.05, 0) is 27.7 Å². The third kappa shape index (κ3) is 4.08. The highest BCUT2D eigenvalue weighted by molar-refractivity contribution is 14.1. The second kappa shape index (κ2) is 5.53. The minimum atomic E-state index is -0.429. The van der Waals surface area contributed by atoms with Crippen molar-refractivity contribution in [2.75, 3.05) is 19.7 Å². The summed E-state index contributed by atoms with van der Waals surface area (Å²) in [7, 11) is 0. The smallest absolute Gasteiger partial charge is 0.410 e. The molecule has 0 spiro atoms. The summed E-state index contributed by atoms with van der Waals surface area (Å²) in [6.45, 7) is 9.63. The zero-order valence-corrected chi connectivity index (χ0v) is 12.5. The van der Waals surface area contributed by atoms with Crippen molar-refractivity contribution in [1.82, 2.24) is 4.90 Å². The number of rotatable bonds is 2. The molecule has 1 aliphatic rings. The van der Waals surface area contributed by atoms with E-state index >= 15 is 0 Å². The first-order chi connectivity index (χ1) is 7.33. The van der Waals surface area contributed by atoms with Gasteiger partial charge in [-0.2, -0.15) is 0 Å². The molecular formula is C11H20INO3. The molecular weight excluding hydrogens is 321 g/mol. The number of carbonyl (C=O) groups is 1. The van der Waals surface area contributed by atoms with Crippen molar-refractivity contribution in [3.8, 4) is 0 Å². The highest BCUT2D eigenvalue weighted by Crippen LogP contribution is 2.22. The van der Waals surface area contributed by atoms with Crippen LogP contribution in [0.5, 0.6) is 0 Å². The Morgan fingerprint density at radius 3 is 2.56 bits per heavy atom. The van der Waals surface area contributed by atoms with Gasteiger partial charge in [0.25, 0.3) is 0 Å². The van der Waals surface area contributed by atoms with E-state index in [4.69, 9.17) is 9.47 Å². The van der Waals surface area contributed by atoms with Crippen LogP contribution in [0.2, 0.25) is 0 Å². The Morgan fingerprint density at radius 2 is 2.06 bits per heavy atom. The molecule has 2 atom stereocenters. The second-order valence-corrected chi connectivity index (χ2v) is 6.50. The molecule has 0 aromatic rings. The van der Waals surface area contributed by atoms with Gasteiger partial charge in [-0.1, -0.05) is 22.6 Å². The summed E-state index contributed by atoms with van der Waals surface area (Å²) < 4.78 is 11.2. The fraction of sp³-hybridized carbons (Fsp3) is 0.909. The van der Waals surface area contributed by atoms with Gasteiger partial charge in [-0.15, -0.1) is 0 Å². The van der Waals surface area contributed by atoms with Crippen molar-refractivity contribution >= 4 is 28.7 Å². The van der Waals surface area contributed by atoms with Crippen molar-refractivity contribution in [2.45, 2.75) is 43.3 Å². The number of hydrogen-bond acceptors (Lipinski definition) is 3. The van der Waals surface area contributed by atoms with E-state index in [0.717, 1.165) is 0 Å². The molecule has 0 saturated carbocycles. The Labute approximate surface area is 111 Å². The molecule has 16 heavy (non-hydrogen) atoms. The van der Waals surface area contributed by atoms with Gasteiger partial charge in [0, 0.05) is 13.2 Å². The molecule has 1 amide bonds. The molecule has 1 fully saturated rings. The van der Waals surface area contributed by atoms with E-state index in [2.05, 4.69) is 22.6 Å². The average molecular weight is 341 g/mol. The van der Waals surface area contributed by atoms with Gasteiger partial charge in [0.15, 0.2) is 0 Å². The standard InChI is InChI=1S/C11H20INO3/c1-5-15-9-7-13(6-8(9)12)10(14)16-11(2,3)4/h8-9H,5-7H2,1-4H3. The summed E-state index contributed by atoms with van der Waals surface area (Å²) in [6.07, 6.45) is -0.102. The van der Waals surface area contributed by atoms with Gasteiger partial charge in [0.05, 0.1) is 16.6 Å². The molecule has 94 valence electrons. The summed E-state index contributed by atoms with van der Waals surface area (Å²) in [6, 6.07) is 0. The number of alkyl halides is 1. The van der Waals surface area contributed by atoms with Gasteiger partial charge < -0.3 is 14.4 Å². The van der Waals surface area contributed by atoms with Gasteiger partial charge in [-0.3, -0.25) is 0 Å². The lowest BCUT2D eigenvalue weighted by atomic mass is 10.2. The molecule has 0 bridgehead atoms. The lowest BCUT2D eigenvalue weighted by molar-refractivity contribution is 0.0225. The van der Waals surface area contributed by atoms with E-state index in [1.165, 1.54) is 0 Å². The number of amides is 1. The maximum Gasteiger partial charge on any atom is 0.410 e. The fourth-order valence-corrected chi connectivity index (χ4v) is 2.49. The maximum absolute atomic E-state index is 11.8. The lowest BCUT2D eigenvalue weighted by Gasteiger charge is -2.24. The monoisotopic (exact) mass is 341 g/mol. The Hall–Kier alpha value is -0.0400. The molecule has 1 saturated heterocycles. The number of ether oxygens (including phenoxy) is 2. The average Bonchev–Trinajstić information content (AvgIpc) is 2.46. The first-order valence-electron chi connectivity index (χ1n) is 5.57. The van der Waals surface area contributed by atoms with Crippen molar-refractivity contribution in [2.24, 2.45) is 0 Å². The van der Waals surface area contributed by atoms with Crippen LogP contribution in [0.3, 0.4) is 0 Å². The van der Waals surface area contributed by atoms with Crippen LogP contribution in [0.4, 0.5) is 4.79 Å². The summed E-state index contributed by atoms with van der Waals surface area (Å²) in [5.41, 5.74) is -0.429. The number of nitrogens with zero attached hydrogens (tertiary/aromatic N) is 1. The van der Waals surface area contributed by atoms with E-state index in [0.29, 0.717) is 23.6 Å². The zero-order valence-electron chi connectivity index (χ0n) is 10.3. The first-order valence-corrected chi connectivity index (χ1v) is 6.81. The highest BCUT2D eigenvalue weighted by Gasteiger charge is 2.36. The predicted molar refractivity (Wildman–Crippen MR) is 71.0 cm³/mol. The Kier molecular flexibility index (Phi) is 4.85. The molecule has 5 heteroatoms. The van der Waals surface area contributed by atoms with Crippen LogP contribution in [0, 0.1) is 0 Å². The minimum absolute atomic E-state index is 0.137. The molecule has 4 nitrogen and oxygen atoms in total. The van der Waals surface area contributed by atoms with Crippen LogP contribution in [-0.4, -0.2) is 46.3 Å². The third-order valence-corrected chi connectivity index (χ3v) is 3.43. The number of halogens is 1. The van der Waals surface area contributed by atoms with Crippen molar-refractivity contribution < 1.29 is 14.3 Å². The Bertz CT molecular complexity index is 252. The third-order valence-electron chi connectivity index (χ3n) is 2.23. The second-order valence-electron chi connectivity index (χ2n) is 4.90. The SMILES string of the molecule is CCOC1CN(C(=O)OC(C)(C)C)CC1I. The minimum Gasteiger partial charge on any atom is -0.444 e. The number of likely N-dealkylation sites (tertiary alicyclic amines) is 1. The largest absolute Gasteiger partial charge is 0.444 e. The summed E-state index contributed by atoms with van der Waals surface area (Å²) in [5, 5.41) is 0. The molecule has 2 unspecified atom stereocenters. The zero-order chi connectivity index (χ0) is 12.3. The molecule has 1 rings (SSSR count). The van der Waals surface area contributed by atoms with Gasteiger partial charge in [0.1, 0.15) is 5.60 Å². The van der Waals surface area contributed by atoms with Crippen LogP contribution >= 0.6 is 22.6 Å². The van der Waals surface area contributed by atoms with Crippen molar-refractivity contribution in [1.29, 1.82) is 0 Å². The molecule has 0 aromatic heterocycles. The van der Waals surface area contributed by atoms with E-state index in [1.807, 2.05) is 27.7 Å². The molecule has 0 aromatic carbocycles. The molecule has 0 radical (unpaired) electrons. The Morgan fingerprint density at radius 1 is 1.44 bits per heavy atom. The van der Waals surface area contributed by atoms with Crippen LogP contribution in [0.1, 0.15) is 27.7 Å². The predicted octanol–water partition coefficient (Wildman–Crippen LogP) is 2.45. The summed E-state index contributed by atoms with van der Waals surface area (Å²) in [4.78, 5) is 13.5. The molecule has 1 aliphatic heterocycles. The molecule has 1 heterocycles. The highest BCUT2D eigenvalue weighted by atomic mass is 127. The normalized spacial score (nSPS) is 25.9. The van der Waals surface area contributed by atoms with Gasteiger partial charge >= 0.3 is 6.09 Å². The first kappa shape index (κ1) is 14.0. The van der Waals surface area contributed by atoms with Crippen LogP contribution in [-0.2, 0) is 9.47 Å². The van der Waals surface area contributed by atoms with Crippen LogP contribution in [0.25, 0.3) is 0 Å². The fourth-order valence-electron chi connectivity index (χ4n) is 1.58. The summed E-state index contributed by atoms with van der Waals surface area (Å²) in [5.74, 6) is 0. The van der Waals surface area contributed by atoms with E-state index in [9.17, 15) is 4.79 Å². The topological polar surface area (TPSA) is 38.8 Å². The molecule has 0 N–H and O–H groups in total. The van der Waals surface area contributed by atoms with Crippen molar-refractivity contribution in [3.05, 3.63) is 0 Å². The van der Waals surface area contributed by atoms with Crippen molar-refractivity contribution in [3.63, 3.8) is 0 Å². The number of hydrogen-bond donors (Lipinski definition) is 0. The van der Waals surface area contributed by atoms with Gasteiger partial charge in [-0.25, -0.2) is 4.79 Å². The van der Waals surface area contributed by atoms with Crippen LogP contribution < -0.4 is 0 Å². The molecule has 0 aliphatic carbocycles. The lowest BCUT2D eigenvalue weighted by Crippen LogP contribution is -2.36. The van der Waals surface area contributed by atoms with Crippen LogP contribution in [0.15, 0.2) is 0 Å². The van der Waals surface area contributed by atoms with E-state index in [-0.39, 0.29) is 12.2 Å². The summed E-state index contributed by atoms with van der Waals surface area (Å²) >= 11 is 2.33. The van der Waals surface area contributed by atoms with E-state index in [1.54, 1.807) is 4.90 Å². The van der Waals surface area contributed by atoms with E-state index < -0.39 is 5.60 Å². The Balaban J connectivity index is 2.48. The number of carbonyl (C=O) groups excluding carboxylic acids is 1. The van der Waals surface area contributed by atoms with Gasteiger partial charge in [0.2, 0.25) is 0 Å².